The van der Waals surface area contributed by atoms with Gasteiger partial charge in [0.15, 0.2) is 0 Å². The molecule has 0 radical (unpaired) electrons. The predicted octanol–water partition coefficient (Wildman–Crippen LogP) is 4.09. The van der Waals surface area contributed by atoms with Gasteiger partial charge in [-0.2, -0.15) is 0 Å². The molecule has 21 heavy (non-hydrogen) atoms. The van der Waals surface area contributed by atoms with E-state index in [9.17, 15) is 12.8 Å². The smallest absolute Gasteiger partial charge is 0.240 e. The maximum atomic E-state index is 13.4. The van der Waals surface area contributed by atoms with Crippen LogP contribution in [0.25, 0.3) is 10.9 Å². The first kappa shape index (κ1) is 14.3. The standard InChI is InChI=1S/C15H11BrFNO2S/c1-10-2-5-12(6-3-10)21(19,20)18-9-14(16)13-7-4-11(17)8-15(13)18/h2-9H,1H3. The van der Waals surface area contributed by atoms with Gasteiger partial charge in [0.25, 0.3) is 10.0 Å². The lowest BCUT2D eigenvalue weighted by molar-refractivity contribution is 0.589. The summed E-state index contributed by atoms with van der Waals surface area (Å²) in [6, 6.07) is 10.6. The molecule has 108 valence electrons. The summed E-state index contributed by atoms with van der Waals surface area (Å²) in [6.07, 6.45) is 1.44. The van der Waals surface area contributed by atoms with Crippen LogP contribution < -0.4 is 0 Å². The number of hydrogen-bond acceptors (Lipinski definition) is 2. The van der Waals surface area contributed by atoms with E-state index in [1.807, 2.05) is 6.92 Å². The number of aryl methyl sites for hydroxylation is 1. The summed E-state index contributed by atoms with van der Waals surface area (Å²) in [5.41, 5.74) is 1.28. The second kappa shape index (κ2) is 4.96. The van der Waals surface area contributed by atoms with E-state index < -0.39 is 15.8 Å². The molecular weight excluding hydrogens is 357 g/mol. The molecule has 6 heteroatoms. The first-order chi connectivity index (χ1) is 9.89. The van der Waals surface area contributed by atoms with Crippen molar-refractivity contribution >= 4 is 36.9 Å². The van der Waals surface area contributed by atoms with E-state index in [0.29, 0.717) is 15.4 Å². The summed E-state index contributed by atoms with van der Waals surface area (Å²) in [7, 11) is -3.76. The van der Waals surface area contributed by atoms with Crippen LogP contribution in [0.4, 0.5) is 4.39 Å². The van der Waals surface area contributed by atoms with Gasteiger partial charge >= 0.3 is 0 Å². The Morgan fingerprint density at radius 1 is 1.10 bits per heavy atom. The van der Waals surface area contributed by atoms with Crippen LogP contribution in [0.2, 0.25) is 0 Å². The molecule has 0 N–H and O–H groups in total. The SMILES string of the molecule is Cc1ccc(S(=O)(=O)n2cc(Br)c3ccc(F)cc32)cc1. The molecule has 0 saturated heterocycles. The third kappa shape index (κ3) is 2.38. The monoisotopic (exact) mass is 367 g/mol. The van der Waals surface area contributed by atoms with Gasteiger partial charge in [-0.15, -0.1) is 0 Å². The first-order valence-electron chi connectivity index (χ1n) is 6.18. The van der Waals surface area contributed by atoms with Crippen LogP contribution in [0.5, 0.6) is 0 Å². The van der Waals surface area contributed by atoms with Crippen molar-refractivity contribution in [3.05, 3.63) is 64.5 Å². The van der Waals surface area contributed by atoms with E-state index in [0.717, 1.165) is 9.54 Å². The van der Waals surface area contributed by atoms with Crippen molar-refractivity contribution in [1.82, 2.24) is 3.97 Å². The minimum atomic E-state index is -3.76. The Hall–Kier alpha value is -1.66. The predicted molar refractivity (Wildman–Crippen MR) is 83.4 cm³/mol. The van der Waals surface area contributed by atoms with Crippen molar-refractivity contribution in [3.63, 3.8) is 0 Å². The number of benzene rings is 2. The Morgan fingerprint density at radius 3 is 2.43 bits per heavy atom. The van der Waals surface area contributed by atoms with Gasteiger partial charge in [0.1, 0.15) is 5.82 Å². The summed E-state index contributed by atoms with van der Waals surface area (Å²) in [6.45, 7) is 1.88. The summed E-state index contributed by atoms with van der Waals surface area (Å²) in [5, 5.41) is 0.645. The van der Waals surface area contributed by atoms with Crippen molar-refractivity contribution < 1.29 is 12.8 Å². The number of halogens is 2. The van der Waals surface area contributed by atoms with Gasteiger partial charge < -0.3 is 0 Å². The molecule has 0 saturated carbocycles. The van der Waals surface area contributed by atoms with Crippen molar-refractivity contribution in [2.24, 2.45) is 0 Å². The maximum absolute atomic E-state index is 13.4. The van der Waals surface area contributed by atoms with Crippen molar-refractivity contribution in [2.45, 2.75) is 11.8 Å². The lowest BCUT2D eigenvalue weighted by atomic mass is 10.2. The van der Waals surface area contributed by atoms with Gasteiger partial charge in [0, 0.05) is 16.1 Å². The molecule has 0 amide bonds. The fraction of sp³-hybridized carbons (Fsp3) is 0.0667. The topological polar surface area (TPSA) is 39.1 Å². The van der Waals surface area contributed by atoms with Crippen molar-refractivity contribution in [3.8, 4) is 0 Å². The van der Waals surface area contributed by atoms with Gasteiger partial charge in [-0.3, -0.25) is 0 Å². The third-order valence-corrected chi connectivity index (χ3v) is 5.58. The molecule has 0 spiro atoms. The Kier molecular flexibility index (Phi) is 3.37. The Bertz CT molecular complexity index is 930. The zero-order chi connectivity index (χ0) is 15.2. The molecule has 0 fully saturated rings. The number of fused-ring (bicyclic) bond motifs is 1. The fourth-order valence-corrected chi connectivity index (χ4v) is 4.19. The van der Waals surface area contributed by atoms with Crippen LogP contribution in [-0.2, 0) is 10.0 Å². The average Bonchev–Trinajstić information content (AvgIpc) is 2.76. The molecule has 1 heterocycles. The Balaban J connectivity index is 2.28. The largest absolute Gasteiger partial charge is 0.268 e. The molecule has 0 bridgehead atoms. The molecule has 3 aromatic rings. The summed E-state index contributed by atoms with van der Waals surface area (Å²) < 4.78 is 40.6. The molecule has 0 aliphatic rings. The van der Waals surface area contributed by atoms with Crippen LogP contribution in [0.1, 0.15) is 5.56 Å². The van der Waals surface area contributed by atoms with E-state index in [2.05, 4.69) is 15.9 Å². The van der Waals surface area contributed by atoms with Crippen molar-refractivity contribution in [1.29, 1.82) is 0 Å². The highest BCUT2D eigenvalue weighted by molar-refractivity contribution is 9.10. The van der Waals surface area contributed by atoms with Crippen LogP contribution >= 0.6 is 15.9 Å². The normalized spacial score (nSPS) is 12.0. The fourth-order valence-electron chi connectivity index (χ4n) is 2.15. The molecule has 0 aliphatic heterocycles. The van der Waals surface area contributed by atoms with E-state index >= 15 is 0 Å². The minimum Gasteiger partial charge on any atom is -0.240 e. The van der Waals surface area contributed by atoms with Crippen LogP contribution in [-0.4, -0.2) is 12.4 Å². The molecule has 1 aromatic heterocycles. The molecule has 3 nitrogen and oxygen atoms in total. The molecule has 0 aliphatic carbocycles. The summed E-state index contributed by atoms with van der Waals surface area (Å²) in [5.74, 6) is -0.478. The summed E-state index contributed by atoms with van der Waals surface area (Å²) >= 11 is 3.31. The Morgan fingerprint density at radius 2 is 1.76 bits per heavy atom. The van der Waals surface area contributed by atoms with Gasteiger partial charge in [0.2, 0.25) is 0 Å². The second-order valence-electron chi connectivity index (χ2n) is 4.75. The van der Waals surface area contributed by atoms with Crippen LogP contribution in [0.3, 0.4) is 0 Å². The zero-order valence-corrected chi connectivity index (χ0v) is 13.4. The van der Waals surface area contributed by atoms with Crippen LogP contribution in [0, 0.1) is 12.7 Å². The second-order valence-corrected chi connectivity index (χ2v) is 7.42. The van der Waals surface area contributed by atoms with Gasteiger partial charge in [-0.1, -0.05) is 17.7 Å². The van der Waals surface area contributed by atoms with E-state index in [4.69, 9.17) is 0 Å². The van der Waals surface area contributed by atoms with E-state index in [1.165, 1.54) is 18.3 Å². The molecule has 0 unspecified atom stereocenters. The average molecular weight is 368 g/mol. The quantitative estimate of drug-likeness (QED) is 0.684. The van der Waals surface area contributed by atoms with Gasteiger partial charge in [0.05, 0.1) is 10.4 Å². The van der Waals surface area contributed by atoms with Gasteiger partial charge in [-0.05, 0) is 53.2 Å². The number of rotatable bonds is 2. The van der Waals surface area contributed by atoms with Crippen LogP contribution in [0.15, 0.2) is 58.0 Å². The number of aromatic nitrogens is 1. The Labute approximate surface area is 130 Å². The molecule has 0 atom stereocenters. The van der Waals surface area contributed by atoms with E-state index in [1.54, 1.807) is 30.3 Å². The van der Waals surface area contributed by atoms with Crippen molar-refractivity contribution in [2.75, 3.05) is 0 Å². The minimum absolute atomic E-state index is 0.168. The number of hydrogen-bond donors (Lipinski definition) is 0. The highest BCUT2D eigenvalue weighted by Gasteiger charge is 2.20. The first-order valence-corrected chi connectivity index (χ1v) is 8.41. The summed E-state index contributed by atoms with van der Waals surface area (Å²) in [4.78, 5) is 0.168. The lowest BCUT2D eigenvalue weighted by Gasteiger charge is -2.07. The van der Waals surface area contributed by atoms with Gasteiger partial charge in [-0.25, -0.2) is 16.8 Å². The maximum Gasteiger partial charge on any atom is 0.268 e. The van der Waals surface area contributed by atoms with E-state index in [-0.39, 0.29) is 4.90 Å². The third-order valence-electron chi connectivity index (χ3n) is 3.26. The highest BCUT2D eigenvalue weighted by atomic mass is 79.9. The lowest BCUT2D eigenvalue weighted by Crippen LogP contribution is -2.11. The number of nitrogens with zero attached hydrogens (tertiary/aromatic N) is 1. The highest BCUT2D eigenvalue weighted by Crippen LogP contribution is 2.30. The molecule has 3 rings (SSSR count). The molecule has 2 aromatic carbocycles. The zero-order valence-electron chi connectivity index (χ0n) is 11.0. The molecular formula is C15H11BrFNO2S.